The molecule has 0 radical (unpaired) electrons. The Kier molecular flexibility index (Phi) is 2.87. The van der Waals surface area contributed by atoms with Gasteiger partial charge in [-0.3, -0.25) is 0 Å². The van der Waals surface area contributed by atoms with Crippen LogP contribution in [0.4, 0.5) is 0 Å². The van der Waals surface area contributed by atoms with Crippen molar-refractivity contribution >= 4 is 17.3 Å². The maximum absolute atomic E-state index is 10.7. The first-order valence-electron chi connectivity index (χ1n) is 4.54. The molecule has 16 heavy (non-hydrogen) atoms. The molecule has 0 atom stereocenters. The number of ether oxygens (including phenoxy) is 1. The molecule has 2 rings (SSSR count). The summed E-state index contributed by atoms with van der Waals surface area (Å²) >= 11 is 1.11. The van der Waals surface area contributed by atoms with Gasteiger partial charge < -0.3 is 9.84 Å². The topological polar surface area (TPSA) is 59.4 Å². The minimum atomic E-state index is -1.00. The van der Waals surface area contributed by atoms with Crippen molar-refractivity contribution in [3.8, 4) is 17.0 Å². The van der Waals surface area contributed by atoms with Crippen LogP contribution in [0, 0.1) is 0 Å². The summed E-state index contributed by atoms with van der Waals surface area (Å²) in [6.07, 6.45) is 0. The van der Waals surface area contributed by atoms with E-state index in [9.17, 15) is 4.79 Å². The van der Waals surface area contributed by atoms with Crippen molar-refractivity contribution in [2.75, 3.05) is 7.11 Å². The second kappa shape index (κ2) is 4.32. The summed E-state index contributed by atoms with van der Waals surface area (Å²) in [7, 11) is 1.59. The molecule has 0 aliphatic carbocycles. The van der Waals surface area contributed by atoms with Crippen LogP contribution in [0.3, 0.4) is 0 Å². The fourth-order valence-electron chi connectivity index (χ4n) is 1.29. The molecule has 0 fully saturated rings. The van der Waals surface area contributed by atoms with Gasteiger partial charge in [-0.05, 0) is 12.1 Å². The standard InChI is InChI=1S/C11H9NO3S/c1-15-8-4-2-3-7(5-8)9-6-16-10(12-9)11(13)14/h2-6H,1H3,(H,13,14). The van der Waals surface area contributed by atoms with Crippen molar-refractivity contribution < 1.29 is 14.6 Å². The third kappa shape index (κ3) is 2.04. The lowest BCUT2D eigenvalue weighted by molar-refractivity contribution is 0.0696. The van der Waals surface area contributed by atoms with E-state index in [-0.39, 0.29) is 5.01 Å². The van der Waals surface area contributed by atoms with Gasteiger partial charge >= 0.3 is 5.97 Å². The summed E-state index contributed by atoms with van der Waals surface area (Å²) in [5.74, 6) is -0.276. The van der Waals surface area contributed by atoms with Gasteiger partial charge in [0.25, 0.3) is 0 Å². The average molecular weight is 235 g/mol. The zero-order chi connectivity index (χ0) is 11.5. The number of hydrogen-bond acceptors (Lipinski definition) is 4. The Labute approximate surface area is 96.1 Å². The molecular formula is C11H9NO3S. The fraction of sp³-hybridized carbons (Fsp3) is 0.0909. The maximum Gasteiger partial charge on any atom is 0.365 e. The van der Waals surface area contributed by atoms with E-state index in [0.717, 1.165) is 22.6 Å². The molecule has 82 valence electrons. The summed E-state index contributed by atoms with van der Waals surface area (Å²) in [4.78, 5) is 14.7. The number of benzene rings is 1. The summed E-state index contributed by atoms with van der Waals surface area (Å²) in [6, 6.07) is 7.35. The number of carboxylic acids is 1. The lowest BCUT2D eigenvalue weighted by Gasteiger charge is -2.01. The summed E-state index contributed by atoms with van der Waals surface area (Å²) in [6.45, 7) is 0. The van der Waals surface area contributed by atoms with Gasteiger partial charge in [-0.25, -0.2) is 9.78 Å². The number of thiazole rings is 1. The number of carboxylic acid groups (broad SMARTS) is 1. The van der Waals surface area contributed by atoms with Crippen LogP contribution in [-0.4, -0.2) is 23.2 Å². The molecule has 0 bridgehead atoms. The van der Waals surface area contributed by atoms with Gasteiger partial charge in [0.15, 0.2) is 0 Å². The second-order valence-electron chi connectivity index (χ2n) is 3.08. The van der Waals surface area contributed by atoms with Gasteiger partial charge in [-0.1, -0.05) is 12.1 Å². The van der Waals surface area contributed by atoms with Crippen LogP contribution in [-0.2, 0) is 0 Å². The lowest BCUT2D eigenvalue weighted by Crippen LogP contribution is -1.94. The quantitative estimate of drug-likeness (QED) is 0.888. The van der Waals surface area contributed by atoms with E-state index < -0.39 is 5.97 Å². The minimum absolute atomic E-state index is 0.0952. The molecule has 0 amide bonds. The highest BCUT2D eigenvalue weighted by Crippen LogP contribution is 2.25. The minimum Gasteiger partial charge on any atom is -0.497 e. The van der Waals surface area contributed by atoms with Gasteiger partial charge in [-0.2, -0.15) is 0 Å². The molecule has 1 N–H and O–H groups in total. The highest BCUT2D eigenvalue weighted by molar-refractivity contribution is 7.11. The molecule has 0 aliphatic heterocycles. The van der Waals surface area contributed by atoms with Gasteiger partial charge in [0.05, 0.1) is 12.8 Å². The molecule has 4 nitrogen and oxygen atoms in total. The third-order valence-electron chi connectivity index (χ3n) is 2.05. The first-order chi connectivity index (χ1) is 7.70. The van der Waals surface area contributed by atoms with Crippen molar-refractivity contribution in [2.45, 2.75) is 0 Å². The van der Waals surface area contributed by atoms with Crippen molar-refractivity contribution in [3.05, 3.63) is 34.7 Å². The molecule has 1 aromatic heterocycles. The number of methoxy groups -OCH3 is 1. The van der Waals surface area contributed by atoms with Crippen LogP contribution < -0.4 is 4.74 Å². The van der Waals surface area contributed by atoms with Crippen molar-refractivity contribution in [3.63, 3.8) is 0 Å². The zero-order valence-corrected chi connectivity index (χ0v) is 9.32. The molecule has 0 unspecified atom stereocenters. The van der Waals surface area contributed by atoms with E-state index in [1.807, 2.05) is 24.3 Å². The highest BCUT2D eigenvalue weighted by Gasteiger charge is 2.10. The first kappa shape index (κ1) is 10.6. The van der Waals surface area contributed by atoms with E-state index in [1.165, 1.54) is 0 Å². The molecule has 5 heteroatoms. The number of aromatic carboxylic acids is 1. The molecule has 0 saturated carbocycles. The van der Waals surface area contributed by atoms with Crippen LogP contribution in [0.25, 0.3) is 11.3 Å². The highest BCUT2D eigenvalue weighted by atomic mass is 32.1. The molecule has 1 aromatic carbocycles. The number of aromatic nitrogens is 1. The van der Waals surface area contributed by atoms with E-state index in [2.05, 4.69) is 4.98 Å². The Hall–Kier alpha value is -1.88. The predicted molar refractivity (Wildman–Crippen MR) is 61.1 cm³/mol. The van der Waals surface area contributed by atoms with Crippen LogP contribution >= 0.6 is 11.3 Å². The third-order valence-corrected chi connectivity index (χ3v) is 2.88. The maximum atomic E-state index is 10.7. The molecule has 0 saturated heterocycles. The van der Waals surface area contributed by atoms with Gasteiger partial charge in [0.1, 0.15) is 5.75 Å². The molecule has 0 spiro atoms. The Balaban J connectivity index is 2.38. The summed E-state index contributed by atoms with van der Waals surface area (Å²) < 4.78 is 5.09. The first-order valence-corrected chi connectivity index (χ1v) is 5.42. The van der Waals surface area contributed by atoms with Gasteiger partial charge in [0.2, 0.25) is 5.01 Å². The van der Waals surface area contributed by atoms with E-state index in [4.69, 9.17) is 9.84 Å². The van der Waals surface area contributed by atoms with E-state index in [0.29, 0.717) is 5.69 Å². The SMILES string of the molecule is COc1cccc(-c2csc(C(=O)O)n2)c1. The Morgan fingerprint density at radius 3 is 2.94 bits per heavy atom. The Morgan fingerprint density at radius 1 is 1.50 bits per heavy atom. The smallest absolute Gasteiger partial charge is 0.365 e. The normalized spacial score (nSPS) is 10.1. The second-order valence-corrected chi connectivity index (χ2v) is 3.93. The van der Waals surface area contributed by atoms with Gasteiger partial charge in [0, 0.05) is 10.9 Å². The van der Waals surface area contributed by atoms with Crippen molar-refractivity contribution in [1.29, 1.82) is 0 Å². The summed E-state index contributed by atoms with van der Waals surface area (Å²) in [5, 5.41) is 10.6. The van der Waals surface area contributed by atoms with Crippen LogP contribution in [0.2, 0.25) is 0 Å². The number of carbonyl (C=O) groups is 1. The fourth-order valence-corrected chi connectivity index (χ4v) is 1.95. The molecule has 1 heterocycles. The van der Waals surface area contributed by atoms with Crippen molar-refractivity contribution in [1.82, 2.24) is 4.98 Å². The Morgan fingerprint density at radius 2 is 2.31 bits per heavy atom. The number of nitrogens with zero attached hydrogens (tertiary/aromatic N) is 1. The van der Waals surface area contributed by atoms with E-state index >= 15 is 0 Å². The van der Waals surface area contributed by atoms with Crippen LogP contribution in [0.15, 0.2) is 29.6 Å². The average Bonchev–Trinajstić information content (AvgIpc) is 2.78. The van der Waals surface area contributed by atoms with Gasteiger partial charge in [-0.15, -0.1) is 11.3 Å². The lowest BCUT2D eigenvalue weighted by atomic mass is 10.2. The monoisotopic (exact) mass is 235 g/mol. The van der Waals surface area contributed by atoms with Crippen LogP contribution in [0.1, 0.15) is 9.80 Å². The number of rotatable bonds is 3. The molecule has 0 aliphatic rings. The molecular weight excluding hydrogens is 226 g/mol. The largest absolute Gasteiger partial charge is 0.497 e. The van der Waals surface area contributed by atoms with Crippen molar-refractivity contribution in [2.24, 2.45) is 0 Å². The van der Waals surface area contributed by atoms with E-state index in [1.54, 1.807) is 12.5 Å². The van der Waals surface area contributed by atoms with Crippen LogP contribution in [0.5, 0.6) is 5.75 Å². The molecule has 2 aromatic rings. The Bertz CT molecular complexity index is 521. The number of hydrogen-bond donors (Lipinski definition) is 1. The summed E-state index contributed by atoms with van der Waals surface area (Å²) in [5.41, 5.74) is 1.50. The predicted octanol–water partition coefficient (Wildman–Crippen LogP) is 2.52. The zero-order valence-electron chi connectivity index (χ0n) is 8.51.